The number of piperazine rings is 1. The van der Waals surface area contributed by atoms with E-state index in [-0.39, 0.29) is 17.5 Å². The molecule has 1 aliphatic rings. The Hall–Kier alpha value is -2.37. The predicted molar refractivity (Wildman–Crippen MR) is 105 cm³/mol. The quantitative estimate of drug-likeness (QED) is 0.729. The summed E-state index contributed by atoms with van der Waals surface area (Å²) in [4.78, 5) is 16.4. The zero-order valence-corrected chi connectivity index (χ0v) is 16.0. The first-order chi connectivity index (χ1) is 13.0. The molecule has 0 aliphatic carbocycles. The number of carbonyl (C=O) groups is 1. The summed E-state index contributed by atoms with van der Waals surface area (Å²) in [6, 6.07) is 12.4. The van der Waals surface area contributed by atoms with Crippen LogP contribution in [0.15, 0.2) is 48.5 Å². The van der Waals surface area contributed by atoms with Gasteiger partial charge in [-0.1, -0.05) is 29.8 Å². The van der Waals surface area contributed by atoms with E-state index in [4.69, 9.17) is 16.3 Å². The molecule has 0 N–H and O–H groups in total. The molecule has 0 saturated carbocycles. The molecule has 2 aromatic carbocycles. The highest BCUT2D eigenvalue weighted by atomic mass is 35.5. The molecule has 1 heterocycles. The molecular weight excluding hydrogens is 367 g/mol. The first-order valence-corrected chi connectivity index (χ1v) is 9.20. The van der Waals surface area contributed by atoms with Crippen LogP contribution in [0.3, 0.4) is 0 Å². The zero-order valence-electron chi connectivity index (χ0n) is 15.2. The third kappa shape index (κ3) is 5.31. The molecule has 6 heteroatoms. The van der Waals surface area contributed by atoms with Crippen LogP contribution in [0, 0.1) is 5.82 Å². The number of halogens is 2. The molecule has 27 heavy (non-hydrogen) atoms. The first kappa shape index (κ1) is 19.4. The SMILES string of the molecule is COc1ccc(CN2CCN(C(=O)/C=C/c3ccc(Cl)cc3)CC2)cc1F. The first-order valence-electron chi connectivity index (χ1n) is 8.82. The number of amides is 1. The number of methoxy groups -OCH3 is 1. The van der Waals surface area contributed by atoms with Gasteiger partial charge in [0.05, 0.1) is 7.11 Å². The summed E-state index contributed by atoms with van der Waals surface area (Å²) in [6.07, 6.45) is 3.39. The maximum atomic E-state index is 13.8. The summed E-state index contributed by atoms with van der Waals surface area (Å²) >= 11 is 5.86. The third-order valence-electron chi connectivity index (χ3n) is 4.59. The number of carbonyl (C=O) groups excluding carboxylic acids is 1. The standard InChI is InChI=1S/C21H22ClFN2O2/c1-27-20-8-4-17(14-19(20)23)15-24-10-12-25(13-11-24)21(26)9-5-16-2-6-18(22)7-3-16/h2-9,14H,10-13,15H2,1H3/b9-5+. The Morgan fingerprint density at radius 2 is 1.85 bits per heavy atom. The van der Waals surface area contributed by atoms with Crippen molar-refractivity contribution in [2.24, 2.45) is 0 Å². The molecule has 0 aromatic heterocycles. The van der Waals surface area contributed by atoms with E-state index in [0.717, 1.165) is 24.2 Å². The number of benzene rings is 2. The number of hydrogen-bond donors (Lipinski definition) is 0. The Labute approximate surface area is 163 Å². The van der Waals surface area contributed by atoms with E-state index in [1.165, 1.54) is 13.2 Å². The van der Waals surface area contributed by atoms with Gasteiger partial charge in [-0.15, -0.1) is 0 Å². The van der Waals surface area contributed by atoms with Crippen LogP contribution in [-0.4, -0.2) is 49.0 Å². The molecule has 0 bridgehead atoms. The maximum Gasteiger partial charge on any atom is 0.246 e. The van der Waals surface area contributed by atoms with Crippen LogP contribution in [-0.2, 0) is 11.3 Å². The molecule has 1 amide bonds. The maximum absolute atomic E-state index is 13.8. The van der Waals surface area contributed by atoms with Crippen molar-refractivity contribution < 1.29 is 13.9 Å². The van der Waals surface area contributed by atoms with E-state index in [9.17, 15) is 9.18 Å². The Morgan fingerprint density at radius 1 is 1.15 bits per heavy atom. The Kier molecular flexibility index (Phi) is 6.48. The van der Waals surface area contributed by atoms with Crippen molar-refractivity contribution in [2.45, 2.75) is 6.54 Å². The highest BCUT2D eigenvalue weighted by Gasteiger charge is 2.20. The van der Waals surface area contributed by atoms with E-state index in [1.807, 2.05) is 23.1 Å². The fourth-order valence-electron chi connectivity index (χ4n) is 3.04. The zero-order chi connectivity index (χ0) is 19.2. The van der Waals surface area contributed by atoms with Crippen LogP contribution in [0.25, 0.3) is 6.08 Å². The normalized spacial score (nSPS) is 15.3. The number of ether oxygens (including phenoxy) is 1. The number of hydrogen-bond acceptors (Lipinski definition) is 3. The summed E-state index contributed by atoms with van der Waals surface area (Å²) in [5, 5.41) is 0.673. The van der Waals surface area contributed by atoms with Crippen molar-refractivity contribution in [3.05, 3.63) is 70.5 Å². The van der Waals surface area contributed by atoms with Gasteiger partial charge in [-0.25, -0.2) is 4.39 Å². The van der Waals surface area contributed by atoms with Gasteiger partial charge in [-0.05, 0) is 41.5 Å². The molecule has 0 unspecified atom stereocenters. The lowest BCUT2D eigenvalue weighted by molar-refractivity contribution is -0.127. The molecule has 1 fully saturated rings. The molecule has 0 atom stereocenters. The second kappa shape index (κ2) is 9.02. The average Bonchev–Trinajstić information content (AvgIpc) is 2.68. The summed E-state index contributed by atoms with van der Waals surface area (Å²) in [6.45, 7) is 3.48. The summed E-state index contributed by atoms with van der Waals surface area (Å²) in [5.41, 5.74) is 1.84. The van der Waals surface area contributed by atoms with Gasteiger partial charge in [0.2, 0.25) is 5.91 Å². The van der Waals surface area contributed by atoms with Crippen molar-refractivity contribution in [1.82, 2.24) is 9.80 Å². The van der Waals surface area contributed by atoms with E-state index in [1.54, 1.807) is 30.4 Å². The molecule has 1 aliphatic heterocycles. The van der Waals surface area contributed by atoms with E-state index >= 15 is 0 Å². The minimum atomic E-state index is -0.351. The molecule has 3 rings (SSSR count). The predicted octanol–water partition coefficient (Wildman–Crippen LogP) is 3.85. The fourth-order valence-corrected chi connectivity index (χ4v) is 3.17. The smallest absolute Gasteiger partial charge is 0.246 e. The molecule has 0 radical (unpaired) electrons. The Balaban J connectivity index is 1.50. The van der Waals surface area contributed by atoms with Crippen molar-refractivity contribution in [3.63, 3.8) is 0 Å². The topological polar surface area (TPSA) is 32.8 Å². The summed E-state index contributed by atoms with van der Waals surface area (Å²) in [7, 11) is 1.45. The lowest BCUT2D eigenvalue weighted by Gasteiger charge is -2.34. The molecular formula is C21H22ClFN2O2. The lowest BCUT2D eigenvalue weighted by atomic mass is 10.1. The van der Waals surface area contributed by atoms with Gasteiger partial charge in [0.15, 0.2) is 11.6 Å². The van der Waals surface area contributed by atoms with Crippen molar-refractivity contribution in [1.29, 1.82) is 0 Å². The second-order valence-corrected chi connectivity index (χ2v) is 6.89. The van der Waals surface area contributed by atoms with Crippen LogP contribution in [0.1, 0.15) is 11.1 Å². The average molecular weight is 389 g/mol. The monoisotopic (exact) mass is 388 g/mol. The minimum Gasteiger partial charge on any atom is -0.494 e. The molecule has 1 saturated heterocycles. The summed E-state index contributed by atoms with van der Waals surface area (Å²) in [5.74, 6) is -0.0992. The van der Waals surface area contributed by atoms with Crippen LogP contribution >= 0.6 is 11.6 Å². The second-order valence-electron chi connectivity index (χ2n) is 6.46. The van der Waals surface area contributed by atoms with Crippen molar-refractivity contribution in [3.8, 4) is 5.75 Å². The van der Waals surface area contributed by atoms with Gasteiger partial charge in [-0.3, -0.25) is 9.69 Å². The lowest BCUT2D eigenvalue weighted by Crippen LogP contribution is -2.47. The molecule has 0 spiro atoms. The van der Waals surface area contributed by atoms with Gasteiger partial charge in [0.25, 0.3) is 0 Å². The number of nitrogens with zero attached hydrogens (tertiary/aromatic N) is 2. The van der Waals surface area contributed by atoms with Crippen molar-refractivity contribution in [2.75, 3.05) is 33.3 Å². The van der Waals surface area contributed by atoms with Gasteiger partial charge in [0, 0.05) is 43.8 Å². The molecule has 2 aromatic rings. The van der Waals surface area contributed by atoms with Gasteiger partial charge in [-0.2, -0.15) is 0 Å². The third-order valence-corrected chi connectivity index (χ3v) is 4.85. The minimum absolute atomic E-state index is 0.0000851. The largest absolute Gasteiger partial charge is 0.494 e. The Morgan fingerprint density at radius 3 is 2.48 bits per heavy atom. The Bertz CT molecular complexity index is 815. The number of rotatable bonds is 5. The van der Waals surface area contributed by atoms with Crippen LogP contribution in [0.4, 0.5) is 4.39 Å². The van der Waals surface area contributed by atoms with E-state index in [2.05, 4.69) is 4.90 Å². The van der Waals surface area contributed by atoms with Crippen LogP contribution in [0.5, 0.6) is 5.75 Å². The molecule has 4 nitrogen and oxygen atoms in total. The highest BCUT2D eigenvalue weighted by molar-refractivity contribution is 6.30. The molecule has 142 valence electrons. The van der Waals surface area contributed by atoms with E-state index in [0.29, 0.717) is 24.7 Å². The van der Waals surface area contributed by atoms with Gasteiger partial charge >= 0.3 is 0 Å². The van der Waals surface area contributed by atoms with Crippen LogP contribution < -0.4 is 4.74 Å². The van der Waals surface area contributed by atoms with Crippen molar-refractivity contribution >= 4 is 23.6 Å². The van der Waals surface area contributed by atoms with E-state index < -0.39 is 0 Å². The fraction of sp³-hybridized carbons (Fsp3) is 0.286. The summed E-state index contributed by atoms with van der Waals surface area (Å²) < 4.78 is 18.8. The van der Waals surface area contributed by atoms with Gasteiger partial charge < -0.3 is 9.64 Å². The van der Waals surface area contributed by atoms with Crippen LogP contribution in [0.2, 0.25) is 5.02 Å². The van der Waals surface area contributed by atoms with Gasteiger partial charge in [0.1, 0.15) is 0 Å². The highest BCUT2D eigenvalue weighted by Crippen LogP contribution is 2.19.